The first-order chi connectivity index (χ1) is 7.06. The Bertz CT molecular complexity index is 368. The van der Waals surface area contributed by atoms with Crippen molar-refractivity contribution < 1.29 is 13.6 Å². The van der Waals surface area contributed by atoms with E-state index in [0.29, 0.717) is 6.42 Å². The van der Waals surface area contributed by atoms with Gasteiger partial charge in [0.1, 0.15) is 0 Å². The largest absolute Gasteiger partial charge is 0.322 e. The quantitative estimate of drug-likeness (QED) is 0.803. The number of rotatable bonds is 3. The summed E-state index contributed by atoms with van der Waals surface area (Å²) in [6.45, 7) is 1.73. The number of halogens is 2. The van der Waals surface area contributed by atoms with E-state index in [9.17, 15) is 13.6 Å². The Morgan fingerprint density at radius 2 is 2.20 bits per heavy atom. The summed E-state index contributed by atoms with van der Waals surface area (Å²) in [6, 6.07) is 2.85. The van der Waals surface area contributed by atoms with Gasteiger partial charge in [0.25, 0.3) is 0 Å². The molecule has 82 valence electrons. The SMILES string of the molecule is CC[C@@H](N)C(=O)Nc1cccc(F)c1F. The normalized spacial score (nSPS) is 12.3. The van der Waals surface area contributed by atoms with Crippen LogP contribution in [0.5, 0.6) is 0 Å². The summed E-state index contributed by atoms with van der Waals surface area (Å²) in [4.78, 5) is 11.3. The molecule has 0 aliphatic carbocycles. The van der Waals surface area contributed by atoms with Crippen molar-refractivity contribution in [2.24, 2.45) is 5.73 Å². The van der Waals surface area contributed by atoms with Crippen molar-refractivity contribution in [1.82, 2.24) is 0 Å². The zero-order chi connectivity index (χ0) is 11.4. The summed E-state index contributed by atoms with van der Waals surface area (Å²) in [7, 11) is 0. The summed E-state index contributed by atoms with van der Waals surface area (Å²) >= 11 is 0. The van der Waals surface area contributed by atoms with Crippen LogP contribution in [0.2, 0.25) is 0 Å². The molecule has 0 radical (unpaired) electrons. The lowest BCUT2D eigenvalue weighted by Crippen LogP contribution is -2.35. The maximum Gasteiger partial charge on any atom is 0.241 e. The number of hydrogen-bond donors (Lipinski definition) is 2. The molecule has 0 aliphatic rings. The van der Waals surface area contributed by atoms with Gasteiger partial charge in [0, 0.05) is 0 Å². The molecule has 0 bridgehead atoms. The van der Waals surface area contributed by atoms with E-state index in [4.69, 9.17) is 5.73 Å². The van der Waals surface area contributed by atoms with Crippen LogP contribution in [0.1, 0.15) is 13.3 Å². The van der Waals surface area contributed by atoms with E-state index < -0.39 is 23.6 Å². The lowest BCUT2D eigenvalue weighted by molar-refractivity contribution is -0.117. The van der Waals surface area contributed by atoms with Crippen molar-refractivity contribution in [2.75, 3.05) is 5.32 Å². The molecular formula is C10H12F2N2O. The zero-order valence-electron chi connectivity index (χ0n) is 8.26. The average Bonchev–Trinajstić information content (AvgIpc) is 2.23. The van der Waals surface area contributed by atoms with Gasteiger partial charge in [-0.3, -0.25) is 4.79 Å². The summed E-state index contributed by atoms with van der Waals surface area (Å²) in [6.07, 6.45) is 0.433. The fourth-order valence-electron chi connectivity index (χ4n) is 1.01. The predicted octanol–water partition coefficient (Wildman–Crippen LogP) is 1.64. The number of anilines is 1. The topological polar surface area (TPSA) is 55.1 Å². The van der Waals surface area contributed by atoms with Crippen LogP contribution in [0.3, 0.4) is 0 Å². The molecule has 3 nitrogen and oxygen atoms in total. The van der Waals surface area contributed by atoms with Gasteiger partial charge < -0.3 is 11.1 Å². The molecule has 0 heterocycles. The second-order valence-corrected chi connectivity index (χ2v) is 3.11. The van der Waals surface area contributed by atoms with Crippen LogP contribution in [0.25, 0.3) is 0 Å². The van der Waals surface area contributed by atoms with Crippen LogP contribution in [-0.4, -0.2) is 11.9 Å². The molecule has 0 aromatic heterocycles. The molecule has 1 amide bonds. The number of amides is 1. The molecule has 0 spiro atoms. The van der Waals surface area contributed by atoms with Crippen molar-refractivity contribution in [3.8, 4) is 0 Å². The Labute approximate surface area is 86.3 Å². The molecular weight excluding hydrogens is 202 g/mol. The number of benzene rings is 1. The molecule has 0 fully saturated rings. The first-order valence-corrected chi connectivity index (χ1v) is 4.56. The summed E-state index contributed by atoms with van der Waals surface area (Å²) < 4.78 is 25.9. The number of carbonyl (C=O) groups excluding carboxylic acids is 1. The summed E-state index contributed by atoms with van der Waals surface area (Å²) in [5.74, 6) is -2.60. The Morgan fingerprint density at radius 1 is 1.53 bits per heavy atom. The van der Waals surface area contributed by atoms with Gasteiger partial charge in [0.05, 0.1) is 11.7 Å². The Morgan fingerprint density at radius 3 is 2.80 bits per heavy atom. The highest BCUT2D eigenvalue weighted by Crippen LogP contribution is 2.16. The van der Waals surface area contributed by atoms with Crippen LogP contribution in [0.4, 0.5) is 14.5 Å². The van der Waals surface area contributed by atoms with Gasteiger partial charge in [-0.1, -0.05) is 13.0 Å². The van der Waals surface area contributed by atoms with Crippen LogP contribution in [0, 0.1) is 11.6 Å². The van der Waals surface area contributed by atoms with Crippen LogP contribution < -0.4 is 11.1 Å². The van der Waals surface area contributed by atoms with Crippen LogP contribution in [-0.2, 0) is 4.79 Å². The maximum absolute atomic E-state index is 13.1. The molecule has 3 N–H and O–H groups in total. The fourth-order valence-corrected chi connectivity index (χ4v) is 1.01. The van der Waals surface area contributed by atoms with Gasteiger partial charge in [0.2, 0.25) is 5.91 Å². The molecule has 1 atom stereocenters. The van der Waals surface area contributed by atoms with Crippen molar-refractivity contribution >= 4 is 11.6 Å². The molecule has 0 saturated carbocycles. The highest BCUT2D eigenvalue weighted by Gasteiger charge is 2.14. The average molecular weight is 214 g/mol. The van der Waals surface area contributed by atoms with Gasteiger partial charge in [0.15, 0.2) is 11.6 Å². The molecule has 0 saturated heterocycles. The Hall–Kier alpha value is -1.49. The highest BCUT2D eigenvalue weighted by molar-refractivity contribution is 5.94. The lowest BCUT2D eigenvalue weighted by Gasteiger charge is -2.10. The molecule has 1 rings (SSSR count). The first kappa shape index (κ1) is 11.6. The van der Waals surface area contributed by atoms with Crippen LogP contribution >= 0.6 is 0 Å². The van der Waals surface area contributed by atoms with Crippen LogP contribution in [0.15, 0.2) is 18.2 Å². The minimum Gasteiger partial charge on any atom is -0.322 e. The minimum atomic E-state index is -1.07. The molecule has 1 aromatic rings. The standard InChI is InChI=1S/C10H12F2N2O/c1-2-7(13)10(15)14-8-5-3-4-6(11)9(8)12/h3-5,7H,2,13H2,1H3,(H,14,15)/t7-/m1/s1. The second kappa shape index (κ2) is 4.84. The Kier molecular flexibility index (Phi) is 3.74. The van der Waals surface area contributed by atoms with E-state index >= 15 is 0 Å². The fraction of sp³-hybridized carbons (Fsp3) is 0.300. The number of carbonyl (C=O) groups is 1. The van der Waals surface area contributed by atoms with Crippen molar-refractivity contribution in [2.45, 2.75) is 19.4 Å². The third-order valence-electron chi connectivity index (χ3n) is 1.99. The molecule has 1 aromatic carbocycles. The van der Waals surface area contributed by atoms with Gasteiger partial charge in [-0.05, 0) is 18.6 Å². The van der Waals surface area contributed by atoms with Crippen molar-refractivity contribution in [3.05, 3.63) is 29.8 Å². The van der Waals surface area contributed by atoms with E-state index in [2.05, 4.69) is 5.32 Å². The van der Waals surface area contributed by atoms with Gasteiger partial charge >= 0.3 is 0 Å². The monoisotopic (exact) mass is 214 g/mol. The second-order valence-electron chi connectivity index (χ2n) is 3.11. The smallest absolute Gasteiger partial charge is 0.241 e. The zero-order valence-corrected chi connectivity index (χ0v) is 8.26. The van der Waals surface area contributed by atoms with E-state index in [0.717, 1.165) is 6.07 Å². The van der Waals surface area contributed by atoms with Gasteiger partial charge in [-0.2, -0.15) is 0 Å². The lowest BCUT2D eigenvalue weighted by atomic mass is 10.2. The molecule has 0 aliphatic heterocycles. The van der Waals surface area contributed by atoms with E-state index in [1.165, 1.54) is 12.1 Å². The van der Waals surface area contributed by atoms with Gasteiger partial charge in [-0.15, -0.1) is 0 Å². The Balaban J connectivity index is 2.81. The molecule has 0 unspecified atom stereocenters. The summed E-state index contributed by atoms with van der Waals surface area (Å²) in [5.41, 5.74) is 5.23. The van der Waals surface area contributed by atoms with E-state index in [1.807, 2.05) is 0 Å². The third kappa shape index (κ3) is 2.73. The minimum absolute atomic E-state index is 0.191. The van der Waals surface area contributed by atoms with Crippen molar-refractivity contribution in [3.63, 3.8) is 0 Å². The third-order valence-corrected chi connectivity index (χ3v) is 1.99. The number of nitrogens with two attached hydrogens (primary N) is 1. The first-order valence-electron chi connectivity index (χ1n) is 4.56. The number of hydrogen-bond acceptors (Lipinski definition) is 2. The van der Waals surface area contributed by atoms with Crippen molar-refractivity contribution in [1.29, 1.82) is 0 Å². The van der Waals surface area contributed by atoms with E-state index in [-0.39, 0.29) is 5.69 Å². The summed E-state index contributed by atoms with van der Waals surface area (Å²) in [5, 5.41) is 2.22. The maximum atomic E-state index is 13.1. The molecule has 5 heteroatoms. The van der Waals surface area contributed by atoms with E-state index in [1.54, 1.807) is 6.92 Å². The number of nitrogens with one attached hydrogen (secondary N) is 1. The highest BCUT2D eigenvalue weighted by atomic mass is 19.2. The molecule has 15 heavy (non-hydrogen) atoms. The predicted molar refractivity (Wildman–Crippen MR) is 53.3 cm³/mol. The van der Waals surface area contributed by atoms with Gasteiger partial charge in [-0.25, -0.2) is 8.78 Å².